The van der Waals surface area contributed by atoms with Gasteiger partial charge in [-0.3, -0.25) is 20.5 Å². The van der Waals surface area contributed by atoms with Crippen molar-refractivity contribution in [2.75, 3.05) is 5.32 Å². The van der Waals surface area contributed by atoms with Gasteiger partial charge in [0.05, 0.1) is 16.3 Å². The van der Waals surface area contributed by atoms with Gasteiger partial charge >= 0.3 is 0 Å². The van der Waals surface area contributed by atoms with Gasteiger partial charge in [-0.15, -0.1) is 0 Å². The maximum Gasteiger partial charge on any atom is 0.292 e. The molecule has 0 saturated carbocycles. The van der Waals surface area contributed by atoms with Crippen LogP contribution in [0.3, 0.4) is 0 Å². The zero-order chi connectivity index (χ0) is 15.9. The van der Waals surface area contributed by atoms with Gasteiger partial charge in [-0.25, -0.2) is 0 Å². The summed E-state index contributed by atoms with van der Waals surface area (Å²) >= 11 is 5.08. The van der Waals surface area contributed by atoms with Gasteiger partial charge in [0.25, 0.3) is 5.69 Å². The summed E-state index contributed by atoms with van der Waals surface area (Å²) in [6.07, 6.45) is 1.66. The number of nitrogens with zero attached hydrogens (tertiary/aromatic N) is 3. The Labute approximate surface area is 132 Å². The Bertz CT molecular complexity index is 718. The molecule has 1 aromatic carbocycles. The number of hydrogen-bond donors (Lipinski definition) is 2. The van der Waals surface area contributed by atoms with Crippen molar-refractivity contribution in [3.63, 3.8) is 0 Å². The lowest BCUT2D eigenvalue weighted by atomic mass is 10.3. The van der Waals surface area contributed by atoms with Crippen LogP contribution in [0.1, 0.15) is 12.6 Å². The van der Waals surface area contributed by atoms with Crippen molar-refractivity contribution >= 4 is 34.4 Å². The smallest absolute Gasteiger partial charge is 0.292 e. The molecular formula is C14H13N5O2S. The van der Waals surface area contributed by atoms with Crippen LogP contribution in [-0.2, 0) is 0 Å². The minimum absolute atomic E-state index is 0.0583. The largest absolute Gasteiger partial charge is 0.326 e. The van der Waals surface area contributed by atoms with Crippen LogP contribution in [0.4, 0.5) is 11.4 Å². The molecular weight excluding hydrogens is 302 g/mol. The molecule has 2 aromatic rings. The van der Waals surface area contributed by atoms with Crippen molar-refractivity contribution in [2.45, 2.75) is 6.92 Å². The zero-order valence-corrected chi connectivity index (χ0v) is 12.5. The summed E-state index contributed by atoms with van der Waals surface area (Å²) in [7, 11) is 0. The Morgan fingerprint density at radius 3 is 2.68 bits per heavy atom. The van der Waals surface area contributed by atoms with Gasteiger partial charge in [0, 0.05) is 12.3 Å². The molecule has 0 aliphatic rings. The summed E-state index contributed by atoms with van der Waals surface area (Å²) in [5, 5.41) is 17.9. The Morgan fingerprint density at radius 2 is 2.00 bits per heavy atom. The quantitative estimate of drug-likeness (QED) is 0.390. The average Bonchev–Trinajstić information content (AvgIpc) is 2.53. The van der Waals surface area contributed by atoms with E-state index in [2.05, 4.69) is 20.8 Å². The van der Waals surface area contributed by atoms with Gasteiger partial charge in [0.2, 0.25) is 0 Å². The third-order valence-electron chi connectivity index (χ3n) is 2.71. The highest BCUT2D eigenvalue weighted by Crippen LogP contribution is 2.22. The number of para-hydroxylation sites is 2. The first-order valence-electron chi connectivity index (χ1n) is 6.34. The van der Waals surface area contributed by atoms with E-state index in [4.69, 9.17) is 12.2 Å². The molecule has 0 spiro atoms. The van der Waals surface area contributed by atoms with Crippen LogP contribution in [0.2, 0.25) is 0 Å². The lowest BCUT2D eigenvalue weighted by Crippen LogP contribution is -2.25. The van der Waals surface area contributed by atoms with Crippen molar-refractivity contribution in [1.29, 1.82) is 0 Å². The first kappa shape index (κ1) is 15.5. The van der Waals surface area contributed by atoms with E-state index in [0.29, 0.717) is 17.1 Å². The highest BCUT2D eigenvalue weighted by molar-refractivity contribution is 7.80. The van der Waals surface area contributed by atoms with Crippen molar-refractivity contribution in [3.05, 3.63) is 64.5 Å². The van der Waals surface area contributed by atoms with E-state index in [1.807, 2.05) is 18.2 Å². The van der Waals surface area contributed by atoms with Crippen molar-refractivity contribution in [2.24, 2.45) is 5.10 Å². The minimum Gasteiger partial charge on any atom is -0.326 e. The number of hydrazone groups is 1. The SMILES string of the molecule is C/C(=N\NC(=S)Nc1ccccc1[N+](=O)[O-])c1ccccn1. The lowest BCUT2D eigenvalue weighted by Gasteiger charge is -2.08. The van der Waals surface area contributed by atoms with Crippen LogP contribution in [-0.4, -0.2) is 20.7 Å². The summed E-state index contributed by atoms with van der Waals surface area (Å²) in [5.74, 6) is 0. The van der Waals surface area contributed by atoms with E-state index < -0.39 is 4.92 Å². The van der Waals surface area contributed by atoms with Crippen LogP contribution in [0.5, 0.6) is 0 Å². The minimum atomic E-state index is -0.479. The molecule has 0 atom stereocenters. The molecule has 0 amide bonds. The first-order chi connectivity index (χ1) is 10.6. The normalized spacial score (nSPS) is 10.9. The Kier molecular flexibility index (Phi) is 5.10. The number of nitro benzene ring substituents is 1. The molecule has 0 fully saturated rings. The number of aromatic nitrogens is 1. The Hall–Kier alpha value is -2.87. The topological polar surface area (TPSA) is 92.5 Å². The lowest BCUT2D eigenvalue weighted by molar-refractivity contribution is -0.383. The fraction of sp³-hybridized carbons (Fsp3) is 0.0714. The first-order valence-corrected chi connectivity index (χ1v) is 6.75. The van der Waals surface area contributed by atoms with E-state index >= 15 is 0 Å². The fourth-order valence-electron chi connectivity index (χ4n) is 1.66. The molecule has 1 heterocycles. The van der Waals surface area contributed by atoms with Gasteiger partial charge in [0.15, 0.2) is 5.11 Å². The third kappa shape index (κ3) is 4.06. The Morgan fingerprint density at radius 1 is 1.27 bits per heavy atom. The summed E-state index contributed by atoms with van der Waals surface area (Å²) < 4.78 is 0. The van der Waals surface area contributed by atoms with Crippen LogP contribution in [0, 0.1) is 10.1 Å². The van der Waals surface area contributed by atoms with Gasteiger partial charge in [0.1, 0.15) is 5.69 Å². The van der Waals surface area contributed by atoms with E-state index in [1.165, 1.54) is 6.07 Å². The van der Waals surface area contributed by atoms with Crippen molar-refractivity contribution in [3.8, 4) is 0 Å². The van der Waals surface area contributed by atoms with Gasteiger partial charge in [-0.1, -0.05) is 18.2 Å². The molecule has 2 rings (SSSR count). The standard InChI is InChI=1S/C14H13N5O2S/c1-10(11-6-4-5-9-15-11)17-18-14(22)16-12-7-2-3-8-13(12)19(20)21/h2-9H,1H3,(H2,16,18,22)/b17-10+. The average molecular weight is 315 g/mol. The maximum absolute atomic E-state index is 10.9. The maximum atomic E-state index is 10.9. The van der Waals surface area contributed by atoms with Crippen LogP contribution in [0.25, 0.3) is 0 Å². The van der Waals surface area contributed by atoms with E-state index in [-0.39, 0.29) is 10.8 Å². The van der Waals surface area contributed by atoms with Gasteiger partial charge < -0.3 is 5.32 Å². The molecule has 7 nitrogen and oxygen atoms in total. The number of nitro groups is 1. The zero-order valence-electron chi connectivity index (χ0n) is 11.7. The molecule has 112 valence electrons. The molecule has 0 bridgehead atoms. The predicted octanol–water partition coefficient (Wildman–Crippen LogP) is 2.70. The second-order valence-electron chi connectivity index (χ2n) is 4.25. The predicted molar refractivity (Wildman–Crippen MR) is 88.9 cm³/mol. The second-order valence-corrected chi connectivity index (χ2v) is 4.66. The molecule has 2 N–H and O–H groups in total. The molecule has 8 heteroatoms. The summed E-state index contributed by atoms with van der Waals surface area (Å²) in [6, 6.07) is 11.7. The highest BCUT2D eigenvalue weighted by Gasteiger charge is 2.12. The number of pyridine rings is 1. The molecule has 0 aliphatic carbocycles. The van der Waals surface area contributed by atoms with Crippen LogP contribution < -0.4 is 10.7 Å². The molecule has 22 heavy (non-hydrogen) atoms. The fourth-order valence-corrected chi connectivity index (χ4v) is 1.81. The second kappa shape index (κ2) is 7.23. The number of benzene rings is 1. The van der Waals surface area contributed by atoms with Crippen molar-refractivity contribution < 1.29 is 4.92 Å². The molecule has 0 saturated heterocycles. The number of thiocarbonyl (C=S) groups is 1. The number of hydrogen-bond acceptors (Lipinski definition) is 5. The number of rotatable bonds is 4. The third-order valence-corrected chi connectivity index (χ3v) is 2.90. The van der Waals surface area contributed by atoms with Gasteiger partial charge in [-0.05, 0) is 37.3 Å². The Balaban J connectivity index is 2.04. The summed E-state index contributed by atoms with van der Waals surface area (Å²) in [4.78, 5) is 14.6. The van der Waals surface area contributed by atoms with Crippen LogP contribution in [0.15, 0.2) is 53.8 Å². The van der Waals surface area contributed by atoms with Crippen LogP contribution >= 0.6 is 12.2 Å². The number of nitrogens with one attached hydrogen (secondary N) is 2. The number of anilines is 1. The molecule has 0 radical (unpaired) electrons. The van der Waals surface area contributed by atoms with E-state index in [9.17, 15) is 10.1 Å². The van der Waals surface area contributed by atoms with Crippen molar-refractivity contribution in [1.82, 2.24) is 10.4 Å². The molecule has 1 aromatic heterocycles. The van der Waals surface area contributed by atoms with Gasteiger partial charge in [-0.2, -0.15) is 5.10 Å². The summed E-state index contributed by atoms with van der Waals surface area (Å²) in [6.45, 7) is 1.78. The van der Waals surface area contributed by atoms with E-state index in [1.54, 1.807) is 31.3 Å². The summed E-state index contributed by atoms with van der Waals surface area (Å²) in [5.41, 5.74) is 4.24. The van der Waals surface area contributed by atoms with E-state index in [0.717, 1.165) is 0 Å². The highest BCUT2D eigenvalue weighted by atomic mass is 32.1. The monoisotopic (exact) mass is 315 g/mol. The molecule has 0 unspecified atom stereocenters. The molecule has 0 aliphatic heterocycles.